The van der Waals surface area contributed by atoms with Gasteiger partial charge in [-0.05, 0) is 55.2 Å². The van der Waals surface area contributed by atoms with Crippen molar-refractivity contribution >= 4 is 41.5 Å². The largest absolute Gasteiger partial charge is 0.370 e. The van der Waals surface area contributed by atoms with Gasteiger partial charge < -0.3 is 16.4 Å². The molecule has 146 valence electrons. The van der Waals surface area contributed by atoms with E-state index < -0.39 is 0 Å². The summed E-state index contributed by atoms with van der Waals surface area (Å²) in [5.41, 5.74) is 9.73. The van der Waals surface area contributed by atoms with Gasteiger partial charge in [-0.3, -0.25) is 4.79 Å². The van der Waals surface area contributed by atoms with Crippen LogP contribution in [0.1, 0.15) is 48.7 Å². The van der Waals surface area contributed by atoms with Crippen LogP contribution in [-0.2, 0) is 13.0 Å². The number of anilines is 1. The highest BCUT2D eigenvalue weighted by Crippen LogP contribution is 2.11. The van der Waals surface area contributed by atoms with Gasteiger partial charge in [0.1, 0.15) is 0 Å². The van der Waals surface area contributed by atoms with Gasteiger partial charge in [-0.25, -0.2) is 4.99 Å². The molecule has 0 bridgehead atoms. The second-order valence-electron chi connectivity index (χ2n) is 6.36. The average molecular weight is 480 g/mol. The minimum atomic E-state index is -0.0624. The number of guanidine groups is 1. The number of benzene rings is 2. The first kappa shape index (κ1) is 23.0. The van der Waals surface area contributed by atoms with Gasteiger partial charge in [0.15, 0.2) is 5.96 Å². The Hall–Kier alpha value is -2.09. The molecule has 0 aliphatic carbocycles. The summed E-state index contributed by atoms with van der Waals surface area (Å²) >= 11 is 0. The van der Waals surface area contributed by atoms with Gasteiger partial charge in [0, 0.05) is 17.3 Å². The molecule has 1 unspecified atom stereocenters. The highest BCUT2D eigenvalue weighted by Gasteiger charge is 2.08. The molecule has 1 amide bonds. The third-order valence-electron chi connectivity index (χ3n) is 4.22. The van der Waals surface area contributed by atoms with Crippen LogP contribution < -0.4 is 16.4 Å². The first-order chi connectivity index (χ1) is 12.5. The quantitative estimate of drug-likeness (QED) is 0.314. The zero-order valence-electron chi connectivity index (χ0n) is 16.2. The van der Waals surface area contributed by atoms with Gasteiger partial charge >= 0.3 is 0 Å². The molecule has 2 aromatic carbocycles. The van der Waals surface area contributed by atoms with E-state index in [4.69, 9.17) is 5.73 Å². The van der Waals surface area contributed by atoms with Crippen LogP contribution in [0.25, 0.3) is 0 Å². The molecular formula is C21H29IN4O. The van der Waals surface area contributed by atoms with Crippen molar-refractivity contribution in [1.29, 1.82) is 0 Å². The minimum absolute atomic E-state index is 0. The molecule has 4 N–H and O–H groups in total. The van der Waals surface area contributed by atoms with Gasteiger partial charge in [0.25, 0.3) is 5.91 Å². The fraction of sp³-hybridized carbons (Fsp3) is 0.333. The summed E-state index contributed by atoms with van der Waals surface area (Å²) in [5, 5.41) is 6.08. The maximum Gasteiger partial charge on any atom is 0.251 e. The van der Waals surface area contributed by atoms with E-state index in [9.17, 15) is 4.79 Å². The van der Waals surface area contributed by atoms with E-state index in [2.05, 4.69) is 34.7 Å². The Morgan fingerprint density at radius 1 is 1.11 bits per heavy atom. The molecular weight excluding hydrogens is 451 g/mol. The Bertz CT molecular complexity index is 776. The molecule has 0 aromatic heterocycles. The zero-order chi connectivity index (χ0) is 18.9. The summed E-state index contributed by atoms with van der Waals surface area (Å²) in [6.07, 6.45) is 1.87. The lowest BCUT2D eigenvalue weighted by molar-refractivity contribution is 0.0939. The molecule has 0 heterocycles. The lowest BCUT2D eigenvalue weighted by Gasteiger charge is -2.12. The summed E-state index contributed by atoms with van der Waals surface area (Å²) < 4.78 is 0. The second kappa shape index (κ2) is 11.6. The van der Waals surface area contributed by atoms with E-state index >= 15 is 0 Å². The van der Waals surface area contributed by atoms with Gasteiger partial charge in [-0.15, -0.1) is 24.0 Å². The molecule has 0 aliphatic heterocycles. The Kier molecular flexibility index (Phi) is 9.85. The molecule has 2 aromatic rings. The Morgan fingerprint density at radius 3 is 2.52 bits per heavy atom. The van der Waals surface area contributed by atoms with Crippen molar-refractivity contribution in [2.45, 2.75) is 46.2 Å². The number of nitrogens with one attached hydrogen (secondary N) is 2. The minimum Gasteiger partial charge on any atom is -0.370 e. The van der Waals surface area contributed by atoms with Crippen molar-refractivity contribution in [2.75, 3.05) is 5.32 Å². The molecule has 27 heavy (non-hydrogen) atoms. The highest BCUT2D eigenvalue weighted by molar-refractivity contribution is 14.0. The molecule has 6 heteroatoms. The van der Waals surface area contributed by atoms with Crippen LogP contribution in [0.15, 0.2) is 53.5 Å². The third-order valence-corrected chi connectivity index (χ3v) is 4.22. The molecule has 0 saturated heterocycles. The van der Waals surface area contributed by atoms with E-state index in [1.54, 1.807) is 0 Å². The predicted molar refractivity (Wildman–Crippen MR) is 124 cm³/mol. The molecule has 0 radical (unpaired) electrons. The maximum absolute atomic E-state index is 12.2. The van der Waals surface area contributed by atoms with Crippen LogP contribution in [0, 0.1) is 0 Å². The fourth-order valence-corrected chi connectivity index (χ4v) is 2.45. The number of hydrogen-bond acceptors (Lipinski definition) is 2. The SMILES string of the molecule is CCc1cccc(NC(N)=NCc2cccc(C(=O)NC(C)CC)c2)c1.I. The number of hydrogen-bond donors (Lipinski definition) is 3. The standard InChI is InChI=1S/C21H28N4O.HI/c1-4-15(3)24-20(26)18-10-6-9-17(12-18)14-23-21(22)25-19-11-7-8-16(5-2)13-19;/h6-13,15H,4-5,14H2,1-3H3,(H,24,26)(H3,22,23,25);1H. The zero-order valence-corrected chi connectivity index (χ0v) is 18.5. The molecule has 0 spiro atoms. The fourth-order valence-electron chi connectivity index (χ4n) is 2.45. The number of aryl methyl sites for hydroxylation is 1. The van der Waals surface area contributed by atoms with Crippen molar-refractivity contribution in [1.82, 2.24) is 5.32 Å². The Balaban J connectivity index is 0.00000364. The van der Waals surface area contributed by atoms with E-state index in [-0.39, 0.29) is 35.9 Å². The van der Waals surface area contributed by atoms with E-state index in [0.29, 0.717) is 18.1 Å². The lowest BCUT2D eigenvalue weighted by atomic mass is 10.1. The van der Waals surface area contributed by atoms with E-state index in [1.807, 2.05) is 50.2 Å². The number of nitrogens with zero attached hydrogens (tertiary/aromatic N) is 1. The van der Waals surface area contributed by atoms with Gasteiger partial charge in [-0.1, -0.05) is 38.1 Å². The molecule has 2 rings (SSSR count). The van der Waals surface area contributed by atoms with Gasteiger partial charge in [0.2, 0.25) is 0 Å². The second-order valence-corrected chi connectivity index (χ2v) is 6.36. The number of aliphatic imine (C=N–C) groups is 1. The third kappa shape index (κ3) is 7.58. The number of carbonyl (C=O) groups is 1. The van der Waals surface area contributed by atoms with E-state index in [1.165, 1.54) is 5.56 Å². The lowest BCUT2D eigenvalue weighted by Crippen LogP contribution is -2.31. The summed E-state index contributed by atoms with van der Waals surface area (Å²) in [6, 6.07) is 15.7. The first-order valence-corrected chi connectivity index (χ1v) is 9.07. The van der Waals surface area contributed by atoms with Crippen LogP contribution in [0.4, 0.5) is 5.69 Å². The topological polar surface area (TPSA) is 79.5 Å². The van der Waals surface area contributed by atoms with Gasteiger partial charge in [-0.2, -0.15) is 0 Å². The van der Waals surface area contributed by atoms with Gasteiger partial charge in [0.05, 0.1) is 6.54 Å². The summed E-state index contributed by atoms with van der Waals surface area (Å²) in [7, 11) is 0. The molecule has 0 fully saturated rings. The Labute approximate surface area is 178 Å². The van der Waals surface area contributed by atoms with Crippen LogP contribution in [0.5, 0.6) is 0 Å². The normalized spacial score (nSPS) is 12.0. The highest BCUT2D eigenvalue weighted by atomic mass is 127. The molecule has 5 nitrogen and oxygen atoms in total. The van der Waals surface area contributed by atoms with Crippen LogP contribution in [0.3, 0.4) is 0 Å². The van der Waals surface area contributed by atoms with Crippen LogP contribution in [-0.4, -0.2) is 17.9 Å². The van der Waals surface area contributed by atoms with Crippen molar-refractivity contribution < 1.29 is 4.79 Å². The van der Waals surface area contributed by atoms with Crippen LogP contribution >= 0.6 is 24.0 Å². The smallest absolute Gasteiger partial charge is 0.251 e. The average Bonchev–Trinajstić information content (AvgIpc) is 2.66. The number of rotatable bonds is 7. The van der Waals surface area contributed by atoms with Crippen molar-refractivity contribution in [3.05, 3.63) is 65.2 Å². The Morgan fingerprint density at radius 2 is 1.81 bits per heavy atom. The van der Waals surface area contributed by atoms with Crippen molar-refractivity contribution in [2.24, 2.45) is 10.7 Å². The number of halogens is 1. The molecule has 0 saturated carbocycles. The van der Waals surface area contributed by atoms with Crippen molar-refractivity contribution in [3.63, 3.8) is 0 Å². The number of carbonyl (C=O) groups excluding carboxylic acids is 1. The monoisotopic (exact) mass is 480 g/mol. The molecule has 0 aliphatic rings. The number of nitrogens with two attached hydrogens (primary N) is 1. The summed E-state index contributed by atoms with van der Waals surface area (Å²) in [6.45, 7) is 6.56. The molecule has 1 atom stereocenters. The first-order valence-electron chi connectivity index (χ1n) is 9.07. The summed E-state index contributed by atoms with van der Waals surface area (Å²) in [4.78, 5) is 16.6. The maximum atomic E-state index is 12.2. The van der Waals surface area contributed by atoms with E-state index in [0.717, 1.165) is 24.1 Å². The number of amides is 1. The summed E-state index contributed by atoms with van der Waals surface area (Å²) in [5.74, 6) is 0.292. The van der Waals surface area contributed by atoms with Crippen LogP contribution in [0.2, 0.25) is 0 Å². The van der Waals surface area contributed by atoms with Crippen molar-refractivity contribution in [3.8, 4) is 0 Å². The predicted octanol–water partition coefficient (Wildman–Crippen LogP) is 4.32.